The van der Waals surface area contributed by atoms with Crippen molar-refractivity contribution < 1.29 is 14.6 Å². The first-order chi connectivity index (χ1) is 9.24. The molecule has 0 spiro atoms. The second-order valence-electron chi connectivity index (χ2n) is 4.36. The molecule has 1 aliphatic rings. The van der Waals surface area contributed by atoms with Gasteiger partial charge in [-0.25, -0.2) is 0 Å². The molecule has 0 amide bonds. The highest BCUT2D eigenvalue weighted by Crippen LogP contribution is 2.34. The number of halogens is 1. The summed E-state index contributed by atoms with van der Waals surface area (Å²) < 4.78 is 11.0. The van der Waals surface area contributed by atoms with E-state index >= 15 is 0 Å². The molecular weight excluding hydrogens is 264 g/mol. The van der Waals surface area contributed by atoms with Crippen molar-refractivity contribution in [3.63, 3.8) is 0 Å². The topological polar surface area (TPSA) is 38.7 Å². The van der Waals surface area contributed by atoms with Gasteiger partial charge in [0.15, 0.2) is 11.5 Å². The molecule has 19 heavy (non-hydrogen) atoms. The van der Waals surface area contributed by atoms with Gasteiger partial charge in [-0.2, -0.15) is 0 Å². The van der Waals surface area contributed by atoms with Crippen LogP contribution in [0.25, 0.3) is 0 Å². The first-order valence-corrected chi connectivity index (χ1v) is 6.45. The Balaban J connectivity index is 1.91. The van der Waals surface area contributed by atoms with Gasteiger partial charge in [-0.1, -0.05) is 29.8 Å². The van der Waals surface area contributed by atoms with Gasteiger partial charge < -0.3 is 14.6 Å². The minimum absolute atomic E-state index is 0.535. The van der Waals surface area contributed by atoms with Crippen LogP contribution >= 0.6 is 11.6 Å². The molecule has 0 saturated carbocycles. The molecule has 98 valence electrons. The highest BCUT2D eigenvalue weighted by atomic mass is 35.5. The Morgan fingerprint density at radius 1 is 0.895 bits per heavy atom. The number of aliphatic hydroxyl groups is 1. The van der Waals surface area contributed by atoms with Crippen LogP contribution in [-0.4, -0.2) is 18.3 Å². The van der Waals surface area contributed by atoms with Gasteiger partial charge in [0.05, 0.1) is 0 Å². The Hall–Kier alpha value is -1.71. The van der Waals surface area contributed by atoms with Crippen LogP contribution in [0, 0.1) is 0 Å². The summed E-state index contributed by atoms with van der Waals surface area (Å²) >= 11 is 5.84. The zero-order valence-electron chi connectivity index (χ0n) is 10.2. The monoisotopic (exact) mass is 276 g/mol. The predicted octanol–water partition coefficient (Wildman–Crippen LogP) is 3.19. The predicted molar refractivity (Wildman–Crippen MR) is 72.9 cm³/mol. The number of rotatable bonds is 2. The smallest absolute Gasteiger partial charge is 0.161 e. The largest absolute Gasteiger partial charge is 0.486 e. The van der Waals surface area contributed by atoms with Crippen LogP contribution < -0.4 is 9.47 Å². The van der Waals surface area contributed by atoms with Gasteiger partial charge in [0.25, 0.3) is 0 Å². The SMILES string of the molecule is OC(c1ccc(Cl)cc1)c1ccc2c(c1)OCCO2. The molecule has 0 radical (unpaired) electrons. The minimum Gasteiger partial charge on any atom is -0.486 e. The molecular formula is C15H13ClO3. The number of fused-ring (bicyclic) bond motifs is 1. The average molecular weight is 277 g/mol. The zero-order chi connectivity index (χ0) is 13.2. The highest BCUT2D eigenvalue weighted by molar-refractivity contribution is 6.30. The normalized spacial score (nSPS) is 15.1. The lowest BCUT2D eigenvalue weighted by Crippen LogP contribution is -2.15. The van der Waals surface area contributed by atoms with Crippen molar-refractivity contribution in [2.75, 3.05) is 13.2 Å². The zero-order valence-corrected chi connectivity index (χ0v) is 10.9. The first-order valence-electron chi connectivity index (χ1n) is 6.07. The molecule has 0 bridgehead atoms. The fourth-order valence-electron chi connectivity index (χ4n) is 2.07. The van der Waals surface area contributed by atoms with Crippen molar-refractivity contribution in [2.24, 2.45) is 0 Å². The molecule has 0 saturated heterocycles. The molecule has 2 aromatic rings. The van der Waals surface area contributed by atoms with E-state index in [-0.39, 0.29) is 0 Å². The van der Waals surface area contributed by atoms with Gasteiger partial charge in [-0.15, -0.1) is 0 Å². The third kappa shape index (κ3) is 2.53. The van der Waals surface area contributed by atoms with Crippen LogP contribution in [0.5, 0.6) is 11.5 Å². The molecule has 4 heteroatoms. The summed E-state index contributed by atoms with van der Waals surface area (Å²) in [7, 11) is 0. The first kappa shape index (κ1) is 12.3. The lowest BCUT2D eigenvalue weighted by atomic mass is 10.0. The van der Waals surface area contributed by atoms with Gasteiger partial charge >= 0.3 is 0 Å². The van der Waals surface area contributed by atoms with E-state index in [2.05, 4.69) is 0 Å². The summed E-state index contributed by atoms with van der Waals surface area (Å²) in [6.45, 7) is 1.10. The van der Waals surface area contributed by atoms with E-state index in [4.69, 9.17) is 21.1 Å². The van der Waals surface area contributed by atoms with E-state index in [1.54, 1.807) is 12.1 Å². The second kappa shape index (κ2) is 5.11. The lowest BCUT2D eigenvalue weighted by Gasteiger charge is -2.20. The Labute approximate surface area is 116 Å². The van der Waals surface area contributed by atoms with Crippen molar-refractivity contribution >= 4 is 11.6 Å². The van der Waals surface area contributed by atoms with Crippen molar-refractivity contribution in [2.45, 2.75) is 6.10 Å². The molecule has 2 aromatic carbocycles. The Bertz CT molecular complexity index is 580. The van der Waals surface area contributed by atoms with Crippen molar-refractivity contribution in [1.29, 1.82) is 0 Å². The van der Waals surface area contributed by atoms with Crippen molar-refractivity contribution in [1.82, 2.24) is 0 Å². The summed E-state index contributed by atoms with van der Waals surface area (Å²) in [5.41, 5.74) is 1.56. The molecule has 1 atom stereocenters. The molecule has 0 aromatic heterocycles. The number of aliphatic hydroxyl groups excluding tert-OH is 1. The fourth-order valence-corrected chi connectivity index (χ4v) is 2.19. The van der Waals surface area contributed by atoms with Crippen LogP contribution in [0.2, 0.25) is 5.02 Å². The van der Waals surface area contributed by atoms with Gasteiger partial charge in [0, 0.05) is 5.02 Å². The maximum Gasteiger partial charge on any atom is 0.161 e. The molecule has 1 heterocycles. The number of benzene rings is 2. The maximum absolute atomic E-state index is 10.3. The van der Waals surface area contributed by atoms with Crippen molar-refractivity contribution in [3.05, 3.63) is 58.6 Å². The number of hydrogen-bond acceptors (Lipinski definition) is 3. The molecule has 0 aliphatic carbocycles. The van der Waals surface area contributed by atoms with Gasteiger partial charge in [-0.05, 0) is 35.4 Å². The molecule has 3 nitrogen and oxygen atoms in total. The van der Waals surface area contributed by atoms with E-state index in [1.807, 2.05) is 30.3 Å². The van der Waals surface area contributed by atoms with E-state index in [0.717, 1.165) is 16.9 Å². The summed E-state index contributed by atoms with van der Waals surface area (Å²) in [5.74, 6) is 1.40. The molecule has 1 N–H and O–H groups in total. The average Bonchev–Trinajstić information content (AvgIpc) is 2.47. The van der Waals surface area contributed by atoms with Crippen LogP contribution in [0.1, 0.15) is 17.2 Å². The maximum atomic E-state index is 10.3. The third-order valence-corrected chi connectivity index (χ3v) is 3.32. The summed E-state index contributed by atoms with van der Waals surface area (Å²) in [5, 5.41) is 11.0. The van der Waals surface area contributed by atoms with Crippen LogP contribution in [-0.2, 0) is 0 Å². The van der Waals surface area contributed by atoms with Crippen LogP contribution in [0.3, 0.4) is 0 Å². The fraction of sp³-hybridized carbons (Fsp3) is 0.200. The summed E-state index contributed by atoms with van der Waals surface area (Å²) in [6, 6.07) is 12.6. The standard InChI is InChI=1S/C15H13ClO3/c16-12-4-1-10(2-5-12)15(17)11-3-6-13-14(9-11)19-8-7-18-13/h1-6,9,15,17H,7-8H2. The van der Waals surface area contributed by atoms with Crippen LogP contribution in [0.15, 0.2) is 42.5 Å². The Morgan fingerprint density at radius 2 is 1.53 bits per heavy atom. The van der Waals surface area contributed by atoms with Gasteiger partial charge in [-0.3, -0.25) is 0 Å². The number of hydrogen-bond donors (Lipinski definition) is 1. The van der Waals surface area contributed by atoms with Crippen LogP contribution in [0.4, 0.5) is 0 Å². The number of ether oxygens (including phenoxy) is 2. The highest BCUT2D eigenvalue weighted by Gasteiger charge is 2.16. The molecule has 3 rings (SSSR count). The Morgan fingerprint density at radius 3 is 2.26 bits per heavy atom. The minimum atomic E-state index is -0.701. The molecule has 1 aliphatic heterocycles. The quantitative estimate of drug-likeness (QED) is 0.915. The molecule has 1 unspecified atom stereocenters. The van der Waals surface area contributed by atoms with E-state index in [1.165, 1.54) is 0 Å². The lowest BCUT2D eigenvalue weighted by molar-refractivity contribution is 0.169. The third-order valence-electron chi connectivity index (χ3n) is 3.07. The van der Waals surface area contributed by atoms with E-state index in [9.17, 15) is 5.11 Å². The second-order valence-corrected chi connectivity index (χ2v) is 4.79. The van der Waals surface area contributed by atoms with Gasteiger partial charge in [0.1, 0.15) is 19.3 Å². The molecule has 0 fully saturated rings. The van der Waals surface area contributed by atoms with Crippen molar-refractivity contribution in [3.8, 4) is 11.5 Å². The van der Waals surface area contributed by atoms with Gasteiger partial charge in [0.2, 0.25) is 0 Å². The summed E-state index contributed by atoms with van der Waals surface area (Å²) in [4.78, 5) is 0. The summed E-state index contributed by atoms with van der Waals surface area (Å²) in [6.07, 6.45) is -0.701. The van der Waals surface area contributed by atoms with E-state index < -0.39 is 6.10 Å². The Kier molecular flexibility index (Phi) is 3.32. The van der Waals surface area contributed by atoms with E-state index in [0.29, 0.717) is 24.0 Å².